The monoisotopic (exact) mass is 261 g/mol. The SMILES string of the molecule is N#Cc1nc([N+](=O)[O-])c(C(F)F)cc1C(=O)Cl. The summed E-state index contributed by atoms with van der Waals surface area (Å²) >= 11 is 5.05. The predicted molar refractivity (Wildman–Crippen MR) is 50.7 cm³/mol. The van der Waals surface area contributed by atoms with Crippen LogP contribution in [-0.2, 0) is 0 Å². The van der Waals surface area contributed by atoms with Gasteiger partial charge in [-0.05, 0) is 27.6 Å². The van der Waals surface area contributed by atoms with Crippen molar-refractivity contribution in [1.29, 1.82) is 5.26 Å². The van der Waals surface area contributed by atoms with Crippen LogP contribution in [0.3, 0.4) is 0 Å². The third kappa shape index (κ3) is 2.51. The molecule has 0 fully saturated rings. The van der Waals surface area contributed by atoms with E-state index < -0.39 is 39.2 Å². The summed E-state index contributed by atoms with van der Waals surface area (Å²) in [5.41, 5.74) is -2.31. The number of carbonyl (C=O) groups is 1. The van der Waals surface area contributed by atoms with Crippen LogP contribution in [0.4, 0.5) is 14.6 Å². The summed E-state index contributed by atoms with van der Waals surface area (Å²) < 4.78 is 25.0. The Labute approximate surface area is 97.6 Å². The summed E-state index contributed by atoms with van der Waals surface area (Å²) in [6, 6.07) is 1.88. The molecule has 1 rings (SSSR count). The standard InChI is InChI=1S/C8H2ClF2N3O3/c9-6(15)3-1-4(7(10)11)8(14(16)17)13-5(3)2-12/h1,7H. The number of carbonyl (C=O) groups excluding carboxylic acids is 1. The highest BCUT2D eigenvalue weighted by molar-refractivity contribution is 6.68. The maximum atomic E-state index is 12.5. The summed E-state index contributed by atoms with van der Waals surface area (Å²) in [7, 11) is 0. The summed E-state index contributed by atoms with van der Waals surface area (Å²) in [6.07, 6.45) is -3.20. The second kappa shape index (κ2) is 4.80. The van der Waals surface area contributed by atoms with Crippen molar-refractivity contribution in [2.45, 2.75) is 6.43 Å². The normalized spacial score (nSPS) is 10.1. The van der Waals surface area contributed by atoms with Gasteiger partial charge in [0.05, 0.1) is 5.56 Å². The van der Waals surface area contributed by atoms with Crippen LogP contribution in [0.25, 0.3) is 0 Å². The zero-order chi connectivity index (χ0) is 13.2. The number of nitriles is 1. The Morgan fingerprint density at radius 1 is 1.65 bits per heavy atom. The molecule has 6 nitrogen and oxygen atoms in total. The number of pyridine rings is 1. The van der Waals surface area contributed by atoms with E-state index in [-0.39, 0.29) is 0 Å². The lowest BCUT2D eigenvalue weighted by atomic mass is 10.1. The first-order valence-electron chi connectivity index (χ1n) is 3.96. The van der Waals surface area contributed by atoms with Crippen molar-refractivity contribution in [3.63, 3.8) is 0 Å². The molecule has 17 heavy (non-hydrogen) atoms. The number of alkyl halides is 2. The zero-order valence-electron chi connectivity index (χ0n) is 7.85. The molecular formula is C8H2ClF2N3O3. The molecule has 1 aromatic heterocycles. The number of aromatic nitrogens is 1. The first-order valence-corrected chi connectivity index (χ1v) is 4.33. The van der Waals surface area contributed by atoms with E-state index in [1.807, 2.05) is 0 Å². The van der Waals surface area contributed by atoms with Gasteiger partial charge in [0.15, 0.2) is 0 Å². The molecule has 0 aliphatic rings. The summed E-state index contributed by atoms with van der Waals surface area (Å²) in [6.45, 7) is 0. The van der Waals surface area contributed by atoms with E-state index in [1.165, 1.54) is 6.07 Å². The minimum atomic E-state index is -3.20. The molecule has 1 heterocycles. The molecule has 0 saturated heterocycles. The average molecular weight is 262 g/mol. The lowest BCUT2D eigenvalue weighted by Gasteiger charge is -2.02. The number of nitro groups is 1. The van der Waals surface area contributed by atoms with Crippen molar-refractivity contribution >= 4 is 22.7 Å². The van der Waals surface area contributed by atoms with Gasteiger partial charge >= 0.3 is 5.82 Å². The fraction of sp³-hybridized carbons (Fsp3) is 0.125. The van der Waals surface area contributed by atoms with Gasteiger partial charge in [-0.2, -0.15) is 5.26 Å². The highest BCUT2D eigenvalue weighted by Crippen LogP contribution is 2.29. The van der Waals surface area contributed by atoms with Crippen molar-refractivity contribution in [2.24, 2.45) is 0 Å². The van der Waals surface area contributed by atoms with Crippen LogP contribution in [0.2, 0.25) is 0 Å². The molecule has 0 bridgehead atoms. The van der Waals surface area contributed by atoms with Crippen molar-refractivity contribution in [3.05, 3.63) is 33.0 Å². The molecule has 0 aliphatic heterocycles. The Hall–Kier alpha value is -2.14. The summed E-state index contributed by atoms with van der Waals surface area (Å²) in [4.78, 5) is 23.2. The minimum Gasteiger partial charge on any atom is -0.358 e. The minimum absolute atomic E-state index is 0.504. The molecule has 0 saturated carbocycles. The molecule has 0 aliphatic carbocycles. The van der Waals surface area contributed by atoms with Gasteiger partial charge in [0, 0.05) is 0 Å². The van der Waals surface area contributed by atoms with Crippen molar-refractivity contribution in [2.75, 3.05) is 0 Å². The zero-order valence-corrected chi connectivity index (χ0v) is 8.61. The maximum Gasteiger partial charge on any atom is 0.373 e. The first kappa shape index (κ1) is 12.9. The smallest absolute Gasteiger partial charge is 0.358 e. The molecule has 1 aromatic rings. The number of nitrogens with zero attached hydrogens (tertiary/aromatic N) is 3. The van der Waals surface area contributed by atoms with Crippen LogP contribution in [0, 0.1) is 21.4 Å². The molecule has 0 unspecified atom stereocenters. The van der Waals surface area contributed by atoms with Crippen LogP contribution < -0.4 is 0 Å². The fourth-order valence-corrected chi connectivity index (χ4v) is 1.21. The predicted octanol–water partition coefficient (Wildman–Crippen LogP) is 2.18. The third-order valence-electron chi connectivity index (χ3n) is 1.76. The number of halogens is 3. The van der Waals surface area contributed by atoms with Gasteiger partial charge in [-0.3, -0.25) is 4.79 Å². The Kier molecular flexibility index (Phi) is 3.65. The van der Waals surface area contributed by atoms with E-state index >= 15 is 0 Å². The lowest BCUT2D eigenvalue weighted by molar-refractivity contribution is -0.391. The van der Waals surface area contributed by atoms with E-state index in [2.05, 4.69) is 4.98 Å². The molecule has 0 radical (unpaired) electrons. The molecule has 9 heteroatoms. The van der Waals surface area contributed by atoms with Gasteiger partial charge in [0.2, 0.25) is 0 Å². The van der Waals surface area contributed by atoms with E-state index in [0.717, 1.165) is 0 Å². The fourth-order valence-electron chi connectivity index (χ4n) is 1.06. The van der Waals surface area contributed by atoms with Crippen LogP contribution in [0.5, 0.6) is 0 Å². The Balaban J connectivity index is 3.61. The van der Waals surface area contributed by atoms with E-state index in [4.69, 9.17) is 16.9 Å². The molecule has 0 atom stereocenters. The maximum absolute atomic E-state index is 12.5. The second-order valence-corrected chi connectivity index (χ2v) is 3.08. The Morgan fingerprint density at radius 2 is 2.24 bits per heavy atom. The molecule has 0 aromatic carbocycles. The highest BCUT2D eigenvalue weighted by atomic mass is 35.5. The van der Waals surface area contributed by atoms with Crippen molar-refractivity contribution < 1.29 is 18.5 Å². The topological polar surface area (TPSA) is 96.9 Å². The highest BCUT2D eigenvalue weighted by Gasteiger charge is 2.29. The molecule has 0 amide bonds. The average Bonchev–Trinajstić information content (AvgIpc) is 2.26. The number of hydrogen-bond donors (Lipinski definition) is 0. The number of rotatable bonds is 3. The molecule has 0 spiro atoms. The van der Waals surface area contributed by atoms with Gasteiger partial charge in [-0.25, -0.2) is 8.78 Å². The molecule has 88 valence electrons. The van der Waals surface area contributed by atoms with E-state index in [0.29, 0.717) is 6.07 Å². The van der Waals surface area contributed by atoms with Gasteiger partial charge in [-0.15, -0.1) is 0 Å². The van der Waals surface area contributed by atoms with Crippen LogP contribution >= 0.6 is 11.6 Å². The molecule has 0 N–H and O–H groups in total. The van der Waals surface area contributed by atoms with Gasteiger partial charge < -0.3 is 10.1 Å². The first-order chi connectivity index (χ1) is 7.88. The van der Waals surface area contributed by atoms with Gasteiger partial charge in [-0.1, -0.05) is 0 Å². The summed E-state index contributed by atoms with van der Waals surface area (Å²) in [5, 5.41) is 17.8. The van der Waals surface area contributed by atoms with E-state index in [9.17, 15) is 23.7 Å². The second-order valence-electron chi connectivity index (χ2n) is 2.74. The van der Waals surface area contributed by atoms with Crippen LogP contribution in [0.15, 0.2) is 6.07 Å². The summed E-state index contributed by atoms with van der Waals surface area (Å²) in [5.74, 6) is -1.17. The van der Waals surface area contributed by atoms with Crippen molar-refractivity contribution in [1.82, 2.24) is 4.98 Å². The van der Waals surface area contributed by atoms with Crippen LogP contribution in [0.1, 0.15) is 28.0 Å². The number of hydrogen-bond acceptors (Lipinski definition) is 5. The quantitative estimate of drug-likeness (QED) is 0.472. The lowest BCUT2D eigenvalue weighted by Crippen LogP contribution is -2.06. The van der Waals surface area contributed by atoms with Gasteiger partial charge in [0.1, 0.15) is 11.6 Å². The largest absolute Gasteiger partial charge is 0.373 e. The third-order valence-corrected chi connectivity index (χ3v) is 1.96. The van der Waals surface area contributed by atoms with Gasteiger partial charge in [0.25, 0.3) is 17.4 Å². The van der Waals surface area contributed by atoms with Crippen molar-refractivity contribution in [3.8, 4) is 6.07 Å². The Bertz CT molecular complexity index is 542. The molecular weight excluding hydrogens is 260 g/mol. The van der Waals surface area contributed by atoms with Crippen LogP contribution in [-0.4, -0.2) is 15.1 Å². The Morgan fingerprint density at radius 3 is 2.59 bits per heavy atom. The van der Waals surface area contributed by atoms with E-state index in [1.54, 1.807) is 0 Å².